The number of halogens is 3. The molecule has 0 radical (unpaired) electrons. The number of carbonyl (C=O) groups excluding carboxylic acids is 1. The maximum Gasteiger partial charge on any atom is 0.224 e. The van der Waals surface area contributed by atoms with E-state index in [1.54, 1.807) is 12.4 Å². The van der Waals surface area contributed by atoms with Crippen LogP contribution in [-0.2, 0) is 9.53 Å². The first-order chi connectivity index (χ1) is 18.0. The van der Waals surface area contributed by atoms with Crippen LogP contribution < -0.4 is 5.32 Å². The van der Waals surface area contributed by atoms with Crippen molar-refractivity contribution in [3.8, 4) is 0 Å². The van der Waals surface area contributed by atoms with Crippen molar-refractivity contribution in [3.63, 3.8) is 0 Å². The maximum atomic E-state index is 14.0. The Bertz CT molecular complexity index is 1150. The number of pyridine rings is 1. The van der Waals surface area contributed by atoms with E-state index in [0.717, 1.165) is 61.2 Å². The highest BCUT2D eigenvalue weighted by molar-refractivity contribution is 9.10. The molecule has 1 aromatic carbocycles. The topological polar surface area (TPSA) is 54.5 Å². The second-order valence-electron chi connectivity index (χ2n) is 10.0. The van der Waals surface area contributed by atoms with Crippen molar-refractivity contribution >= 4 is 45.0 Å². The average Bonchev–Trinajstić information content (AvgIpc) is 2.93. The Kier molecular flexibility index (Phi) is 9.04. The molecule has 3 aliphatic rings. The van der Waals surface area contributed by atoms with Crippen molar-refractivity contribution in [3.05, 3.63) is 87.1 Å². The smallest absolute Gasteiger partial charge is 0.224 e. The predicted molar refractivity (Wildman–Crippen MR) is 152 cm³/mol. The molecule has 1 aliphatic heterocycles. The first-order valence-corrected chi connectivity index (χ1v) is 14.6. The van der Waals surface area contributed by atoms with Crippen molar-refractivity contribution in [1.29, 1.82) is 0 Å². The van der Waals surface area contributed by atoms with Crippen molar-refractivity contribution in [2.45, 2.75) is 49.1 Å². The molecular weight excluding hydrogens is 573 g/mol. The maximum absolute atomic E-state index is 14.0. The summed E-state index contributed by atoms with van der Waals surface area (Å²) >= 11 is 16.4. The summed E-state index contributed by atoms with van der Waals surface area (Å²) in [5.41, 5.74) is 3.05. The minimum Gasteiger partial charge on any atom is -0.379 e. The lowest BCUT2D eigenvalue weighted by Gasteiger charge is -2.42. The van der Waals surface area contributed by atoms with E-state index in [2.05, 4.69) is 61.5 Å². The summed E-state index contributed by atoms with van der Waals surface area (Å²) in [6.45, 7) is 3.48. The van der Waals surface area contributed by atoms with Crippen LogP contribution in [0.2, 0.25) is 5.02 Å². The molecule has 2 aliphatic carbocycles. The standard InChI is InChI=1S/C29H32BrCl2N3O2/c30-21-5-1-19(2-6-21)26-17-23(35-13-15-37-16-14-35)9-10-24(26)29(36)34-28(20-3-7-22(31)8-4-20)25-11-12-33-18-27(25)32/h1-7,11-12,18,22-24,26,28H,8-10,13-17H2,(H,34,36)/t22?,23-,24-,26+,28?/m1/s1. The van der Waals surface area contributed by atoms with Gasteiger partial charge in [0.1, 0.15) is 0 Å². The molecule has 5 nitrogen and oxygen atoms in total. The lowest BCUT2D eigenvalue weighted by molar-refractivity contribution is -0.127. The van der Waals surface area contributed by atoms with E-state index in [0.29, 0.717) is 17.5 Å². The molecule has 5 atom stereocenters. The van der Waals surface area contributed by atoms with Gasteiger partial charge in [-0.1, -0.05) is 57.9 Å². The normalized spacial score (nSPS) is 27.4. The van der Waals surface area contributed by atoms with E-state index < -0.39 is 0 Å². The third-order valence-electron chi connectivity index (χ3n) is 7.83. The second-order valence-corrected chi connectivity index (χ2v) is 11.9. The van der Waals surface area contributed by atoms with Gasteiger partial charge in [-0.3, -0.25) is 14.7 Å². The van der Waals surface area contributed by atoms with E-state index in [4.69, 9.17) is 27.9 Å². The van der Waals surface area contributed by atoms with Crippen LogP contribution >= 0.6 is 39.1 Å². The zero-order valence-electron chi connectivity index (χ0n) is 20.7. The number of alkyl halides is 1. The molecule has 37 heavy (non-hydrogen) atoms. The van der Waals surface area contributed by atoms with Crippen LogP contribution in [0.1, 0.15) is 48.8 Å². The van der Waals surface area contributed by atoms with Crippen LogP contribution in [0.15, 0.2) is 71.0 Å². The lowest BCUT2D eigenvalue weighted by Crippen LogP contribution is -2.48. The summed E-state index contributed by atoms with van der Waals surface area (Å²) in [6, 6.07) is 10.4. The molecular formula is C29H32BrCl2N3O2. The Balaban J connectivity index is 1.41. The van der Waals surface area contributed by atoms with E-state index in [1.165, 1.54) is 5.56 Å². The molecule has 8 heteroatoms. The molecule has 0 spiro atoms. The third-order valence-corrected chi connectivity index (χ3v) is 9.00. The van der Waals surface area contributed by atoms with Gasteiger partial charge in [0.25, 0.3) is 0 Å². The fraction of sp³-hybridized carbons (Fsp3) is 0.448. The van der Waals surface area contributed by atoms with E-state index in [9.17, 15) is 4.79 Å². The molecule has 2 unspecified atom stereocenters. The van der Waals surface area contributed by atoms with Crippen LogP contribution in [0.4, 0.5) is 0 Å². The Labute approximate surface area is 237 Å². The number of carbonyl (C=O) groups is 1. The zero-order chi connectivity index (χ0) is 25.8. The summed E-state index contributed by atoms with van der Waals surface area (Å²) in [4.78, 5) is 20.7. The molecule has 1 N–H and O–H groups in total. The number of rotatable bonds is 6. The van der Waals surface area contributed by atoms with Crippen molar-refractivity contribution in [1.82, 2.24) is 15.2 Å². The molecule has 2 aromatic rings. The number of amides is 1. The molecule has 5 rings (SSSR count). The van der Waals surface area contributed by atoms with Gasteiger partial charge in [-0.2, -0.15) is 0 Å². The summed E-state index contributed by atoms with van der Waals surface area (Å²) in [5.74, 6) is 0.0652. The average molecular weight is 605 g/mol. The van der Waals surface area contributed by atoms with Gasteiger partial charge in [0.05, 0.1) is 29.7 Å². The fourth-order valence-electron chi connectivity index (χ4n) is 5.85. The number of morpholine rings is 1. The number of hydrogen-bond donors (Lipinski definition) is 1. The first-order valence-electron chi connectivity index (χ1n) is 13.0. The Morgan fingerprint density at radius 1 is 1.16 bits per heavy atom. The van der Waals surface area contributed by atoms with Gasteiger partial charge >= 0.3 is 0 Å². The molecule has 196 valence electrons. The highest BCUT2D eigenvalue weighted by atomic mass is 79.9. The fourth-order valence-corrected chi connectivity index (χ4v) is 6.50. The molecule has 1 aromatic heterocycles. The monoisotopic (exact) mass is 603 g/mol. The number of nitrogens with one attached hydrogen (secondary N) is 1. The molecule has 1 saturated heterocycles. The highest BCUT2D eigenvalue weighted by Crippen LogP contribution is 2.41. The Hall–Kier alpha value is -1.70. The van der Waals surface area contributed by atoms with Crippen LogP contribution in [-0.4, -0.2) is 53.5 Å². The largest absolute Gasteiger partial charge is 0.379 e. The third kappa shape index (κ3) is 6.48. The van der Waals surface area contributed by atoms with Gasteiger partial charge in [-0.15, -0.1) is 11.6 Å². The molecule has 2 fully saturated rings. The Morgan fingerprint density at radius 3 is 2.65 bits per heavy atom. The first kappa shape index (κ1) is 26.9. The number of ether oxygens (including phenoxy) is 1. The van der Waals surface area contributed by atoms with Crippen molar-refractivity contribution in [2.24, 2.45) is 5.92 Å². The van der Waals surface area contributed by atoms with Gasteiger partial charge in [0.15, 0.2) is 0 Å². The van der Waals surface area contributed by atoms with Gasteiger partial charge in [-0.05, 0) is 60.9 Å². The lowest BCUT2D eigenvalue weighted by atomic mass is 9.72. The zero-order valence-corrected chi connectivity index (χ0v) is 23.8. The molecule has 2 heterocycles. The predicted octanol–water partition coefficient (Wildman–Crippen LogP) is 6.43. The number of aromatic nitrogens is 1. The summed E-state index contributed by atoms with van der Waals surface area (Å²) < 4.78 is 6.63. The number of nitrogens with zero attached hydrogens (tertiary/aromatic N) is 2. The molecule has 0 bridgehead atoms. The summed E-state index contributed by atoms with van der Waals surface area (Å²) in [5, 5.41) is 3.88. The van der Waals surface area contributed by atoms with Gasteiger partial charge in [0.2, 0.25) is 5.91 Å². The molecule has 1 amide bonds. The van der Waals surface area contributed by atoms with Gasteiger partial charge < -0.3 is 10.1 Å². The van der Waals surface area contributed by atoms with Crippen molar-refractivity contribution in [2.75, 3.05) is 26.3 Å². The van der Waals surface area contributed by atoms with E-state index in [1.807, 2.05) is 18.2 Å². The summed E-state index contributed by atoms with van der Waals surface area (Å²) in [6.07, 6.45) is 12.9. The van der Waals surface area contributed by atoms with E-state index >= 15 is 0 Å². The van der Waals surface area contributed by atoms with Gasteiger partial charge in [-0.25, -0.2) is 0 Å². The van der Waals surface area contributed by atoms with E-state index in [-0.39, 0.29) is 29.2 Å². The number of hydrogen-bond acceptors (Lipinski definition) is 4. The number of allylic oxidation sites excluding steroid dienone is 2. The Morgan fingerprint density at radius 2 is 1.95 bits per heavy atom. The van der Waals surface area contributed by atoms with Crippen LogP contribution in [0, 0.1) is 5.92 Å². The van der Waals surface area contributed by atoms with Crippen LogP contribution in [0.25, 0.3) is 0 Å². The van der Waals surface area contributed by atoms with Gasteiger partial charge in [0, 0.05) is 47.5 Å². The summed E-state index contributed by atoms with van der Waals surface area (Å²) in [7, 11) is 0. The second kappa shape index (κ2) is 12.4. The number of benzene rings is 1. The van der Waals surface area contributed by atoms with Crippen LogP contribution in [0.5, 0.6) is 0 Å². The SMILES string of the molecule is O=C(NC(C1=CCC(Cl)C=C1)c1ccncc1Cl)[C@@H]1CC[C@@H](N2CCOCC2)C[C@H]1c1ccc(Br)cc1. The quantitative estimate of drug-likeness (QED) is 0.386. The van der Waals surface area contributed by atoms with Crippen LogP contribution in [0.3, 0.4) is 0 Å². The minimum absolute atomic E-state index is 0.0368. The minimum atomic E-state index is -0.356. The van der Waals surface area contributed by atoms with Crippen molar-refractivity contribution < 1.29 is 9.53 Å². The highest BCUT2D eigenvalue weighted by Gasteiger charge is 2.39. The molecule has 1 saturated carbocycles.